The van der Waals surface area contributed by atoms with E-state index < -0.39 is 0 Å². The quantitative estimate of drug-likeness (QED) is 0.895. The fourth-order valence-corrected chi connectivity index (χ4v) is 3.81. The molecule has 2 aliphatic rings. The van der Waals surface area contributed by atoms with Gasteiger partial charge in [0.05, 0.1) is 5.69 Å². The number of imidazole rings is 1. The maximum Gasteiger partial charge on any atom is 0.287 e. The van der Waals surface area contributed by atoms with E-state index in [2.05, 4.69) is 17.2 Å². The number of carbonyl (C=O) groups is 2. The average Bonchev–Trinajstić information content (AvgIpc) is 2.92. The monoisotopic (exact) mass is 346 g/mol. The van der Waals surface area contributed by atoms with Gasteiger partial charge >= 0.3 is 0 Å². The average molecular weight is 346 g/mol. The number of carbonyl (C=O) groups excluding carboxylic acids is 2. The first kappa shape index (κ1) is 18.0. The molecule has 0 radical (unpaired) electrons. The lowest BCUT2D eigenvalue weighted by Gasteiger charge is -2.30. The number of piperidine rings is 1. The highest BCUT2D eigenvalue weighted by Gasteiger charge is 2.32. The van der Waals surface area contributed by atoms with Gasteiger partial charge in [0.15, 0.2) is 5.82 Å². The zero-order valence-corrected chi connectivity index (χ0v) is 15.9. The maximum atomic E-state index is 13.1. The highest BCUT2D eigenvalue weighted by Crippen LogP contribution is 2.24. The van der Waals surface area contributed by atoms with Gasteiger partial charge in [0.1, 0.15) is 5.69 Å². The Morgan fingerprint density at radius 3 is 2.60 bits per heavy atom. The molecule has 1 fully saturated rings. The summed E-state index contributed by atoms with van der Waals surface area (Å²) < 4.78 is 1.96. The number of hydrogen-bond donors (Lipinski definition) is 1. The Morgan fingerprint density at radius 1 is 1.16 bits per heavy atom. The zero-order chi connectivity index (χ0) is 18.2. The third-order valence-electron chi connectivity index (χ3n) is 4.96. The van der Waals surface area contributed by atoms with E-state index in [0.717, 1.165) is 51.0 Å². The van der Waals surface area contributed by atoms with E-state index in [1.165, 1.54) is 6.42 Å². The van der Waals surface area contributed by atoms with Crippen molar-refractivity contribution in [2.75, 3.05) is 13.1 Å². The van der Waals surface area contributed by atoms with Crippen molar-refractivity contribution in [3.8, 4) is 0 Å². The van der Waals surface area contributed by atoms with Crippen LogP contribution in [0.25, 0.3) is 0 Å². The fourth-order valence-electron chi connectivity index (χ4n) is 3.81. The SMILES string of the molecule is CC1CCCN(C(=O)c2nc(C(=O)NC(C)(C)C)n3c2CCCC3)C1. The van der Waals surface area contributed by atoms with E-state index in [9.17, 15) is 9.59 Å². The highest BCUT2D eigenvalue weighted by atomic mass is 16.2. The third-order valence-corrected chi connectivity index (χ3v) is 4.96. The molecule has 3 rings (SSSR count). The summed E-state index contributed by atoms with van der Waals surface area (Å²) in [5, 5.41) is 2.98. The minimum atomic E-state index is -0.329. The molecule has 0 aromatic carbocycles. The number of nitrogens with zero attached hydrogens (tertiary/aromatic N) is 3. The predicted molar refractivity (Wildman–Crippen MR) is 96.7 cm³/mol. The second kappa shape index (κ2) is 6.81. The van der Waals surface area contributed by atoms with Crippen LogP contribution in [0.15, 0.2) is 0 Å². The molecule has 1 aromatic heterocycles. The molecule has 25 heavy (non-hydrogen) atoms. The van der Waals surface area contributed by atoms with Gasteiger partial charge in [0.25, 0.3) is 11.8 Å². The molecule has 0 spiro atoms. The number of amides is 2. The molecular formula is C19H30N4O2. The topological polar surface area (TPSA) is 67.2 Å². The van der Waals surface area contributed by atoms with Crippen molar-refractivity contribution in [3.05, 3.63) is 17.2 Å². The van der Waals surface area contributed by atoms with Crippen LogP contribution in [-0.2, 0) is 13.0 Å². The standard InChI is InChI=1S/C19H30N4O2/c1-13-8-7-10-22(12-13)18(25)15-14-9-5-6-11-23(14)16(20-15)17(24)21-19(2,3)4/h13H,5-12H2,1-4H3,(H,21,24). The van der Waals surface area contributed by atoms with Crippen molar-refractivity contribution in [3.63, 3.8) is 0 Å². The van der Waals surface area contributed by atoms with Crippen molar-refractivity contribution < 1.29 is 9.59 Å². The molecule has 0 aliphatic carbocycles. The van der Waals surface area contributed by atoms with Crippen LogP contribution in [0.3, 0.4) is 0 Å². The number of aromatic nitrogens is 2. The molecule has 1 aromatic rings. The van der Waals surface area contributed by atoms with Gasteiger partial charge < -0.3 is 14.8 Å². The lowest BCUT2D eigenvalue weighted by Crippen LogP contribution is -2.42. The van der Waals surface area contributed by atoms with Crippen LogP contribution in [0.1, 0.15) is 80.2 Å². The largest absolute Gasteiger partial charge is 0.345 e. The summed E-state index contributed by atoms with van der Waals surface area (Å²) in [6.07, 6.45) is 5.10. The van der Waals surface area contributed by atoms with Gasteiger partial charge in [-0.1, -0.05) is 6.92 Å². The van der Waals surface area contributed by atoms with Crippen molar-refractivity contribution in [2.24, 2.45) is 5.92 Å². The second-order valence-corrected chi connectivity index (χ2v) is 8.54. The second-order valence-electron chi connectivity index (χ2n) is 8.54. The van der Waals surface area contributed by atoms with E-state index in [4.69, 9.17) is 0 Å². The minimum absolute atomic E-state index is 0.00740. The lowest BCUT2D eigenvalue weighted by atomic mass is 9.99. The van der Waals surface area contributed by atoms with Crippen LogP contribution >= 0.6 is 0 Å². The minimum Gasteiger partial charge on any atom is -0.345 e. The van der Waals surface area contributed by atoms with Crippen LogP contribution in [0.4, 0.5) is 0 Å². The first-order chi connectivity index (χ1) is 11.8. The summed E-state index contributed by atoms with van der Waals surface area (Å²) in [7, 11) is 0. The van der Waals surface area contributed by atoms with Crippen LogP contribution < -0.4 is 5.32 Å². The van der Waals surface area contributed by atoms with Crippen LogP contribution in [-0.4, -0.2) is 44.9 Å². The van der Waals surface area contributed by atoms with Crippen molar-refractivity contribution >= 4 is 11.8 Å². The lowest BCUT2D eigenvalue weighted by molar-refractivity contribution is 0.0676. The molecule has 0 saturated carbocycles. The summed E-state index contributed by atoms with van der Waals surface area (Å²) in [6, 6.07) is 0. The number of nitrogens with one attached hydrogen (secondary N) is 1. The van der Waals surface area contributed by atoms with E-state index in [1.807, 2.05) is 30.2 Å². The van der Waals surface area contributed by atoms with Gasteiger partial charge in [-0.3, -0.25) is 9.59 Å². The number of likely N-dealkylation sites (tertiary alicyclic amines) is 1. The molecule has 1 unspecified atom stereocenters. The Morgan fingerprint density at radius 2 is 1.92 bits per heavy atom. The Labute approximate surface area is 150 Å². The van der Waals surface area contributed by atoms with E-state index in [1.54, 1.807) is 0 Å². The molecule has 1 atom stereocenters. The first-order valence-corrected chi connectivity index (χ1v) is 9.47. The summed E-state index contributed by atoms with van der Waals surface area (Å²) in [6.45, 7) is 10.4. The van der Waals surface area contributed by atoms with E-state index in [-0.39, 0.29) is 17.4 Å². The Hall–Kier alpha value is -1.85. The van der Waals surface area contributed by atoms with Gasteiger partial charge in [-0.05, 0) is 58.8 Å². The molecule has 2 aliphatic heterocycles. The molecule has 2 amide bonds. The van der Waals surface area contributed by atoms with Crippen molar-refractivity contribution in [1.29, 1.82) is 0 Å². The van der Waals surface area contributed by atoms with Gasteiger partial charge in [0, 0.05) is 25.2 Å². The number of fused-ring (bicyclic) bond motifs is 1. The predicted octanol–water partition coefficient (Wildman–Crippen LogP) is 2.62. The molecular weight excluding hydrogens is 316 g/mol. The molecule has 3 heterocycles. The van der Waals surface area contributed by atoms with Crippen LogP contribution in [0.5, 0.6) is 0 Å². The highest BCUT2D eigenvalue weighted by molar-refractivity contribution is 5.97. The van der Waals surface area contributed by atoms with Gasteiger partial charge in [-0.25, -0.2) is 4.98 Å². The van der Waals surface area contributed by atoms with Gasteiger partial charge in [0.2, 0.25) is 0 Å². The molecule has 6 nitrogen and oxygen atoms in total. The fraction of sp³-hybridized carbons (Fsp3) is 0.737. The number of rotatable bonds is 2. The maximum absolute atomic E-state index is 13.1. The summed E-state index contributed by atoms with van der Waals surface area (Å²) in [4.78, 5) is 32.2. The van der Waals surface area contributed by atoms with Gasteiger partial charge in [-0.2, -0.15) is 0 Å². The Kier molecular flexibility index (Phi) is 4.89. The summed E-state index contributed by atoms with van der Waals surface area (Å²) in [5.74, 6) is 0.714. The Balaban J connectivity index is 1.92. The third kappa shape index (κ3) is 3.88. The first-order valence-electron chi connectivity index (χ1n) is 9.47. The van der Waals surface area contributed by atoms with E-state index in [0.29, 0.717) is 17.4 Å². The zero-order valence-electron chi connectivity index (χ0n) is 15.9. The van der Waals surface area contributed by atoms with Crippen LogP contribution in [0.2, 0.25) is 0 Å². The van der Waals surface area contributed by atoms with Crippen LogP contribution in [0, 0.1) is 5.92 Å². The Bertz CT molecular complexity index is 672. The molecule has 0 bridgehead atoms. The van der Waals surface area contributed by atoms with Crippen molar-refractivity contribution in [1.82, 2.24) is 19.8 Å². The summed E-state index contributed by atoms with van der Waals surface area (Å²) in [5.41, 5.74) is 1.10. The molecule has 138 valence electrons. The van der Waals surface area contributed by atoms with Crippen molar-refractivity contribution in [2.45, 2.75) is 71.9 Å². The molecule has 6 heteroatoms. The van der Waals surface area contributed by atoms with E-state index >= 15 is 0 Å². The molecule has 1 N–H and O–H groups in total. The summed E-state index contributed by atoms with van der Waals surface area (Å²) >= 11 is 0. The molecule has 1 saturated heterocycles. The smallest absolute Gasteiger partial charge is 0.287 e. The van der Waals surface area contributed by atoms with Gasteiger partial charge in [-0.15, -0.1) is 0 Å². The normalized spacial score (nSPS) is 21.0. The number of hydrogen-bond acceptors (Lipinski definition) is 3.